The third-order valence-corrected chi connectivity index (χ3v) is 8.83. The van der Waals surface area contributed by atoms with Crippen molar-refractivity contribution in [3.05, 3.63) is 46.7 Å². The lowest BCUT2D eigenvalue weighted by atomic mass is 9.97. The van der Waals surface area contributed by atoms with Gasteiger partial charge in [-0.25, -0.2) is 8.42 Å². The number of aromatic nitrogens is 2. The van der Waals surface area contributed by atoms with Gasteiger partial charge in [-0.15, -0.1) is 11.3 Å². The number of carbonyl (C=O) groups excluding carboxylic acids is 1. The Hall–Kier alpha value is -2.56. The summed E-state index contributed by atoms with van der Waals surface area (Å²) in [5.74, 6) is 0.641. The van der Waals surface area contributed by atoms with Crippen LogP contribution in [0.3, 0.4) is 0 Å². The van der Waals surface area contributed by atoms with Crippen molar-refractivity contribution in [3.63, 3.8) is 0 Å². The van der Waals surface area contributed by atoms with Gasteiger partial charge < -0.3 is 9.84 Å². The molecule has 1 aromatic carbocycles. The zero-order valence-electron chi connectivity index (χ0n) is 18.3. The van der Waals surface area contributed by atoms with E-state index in [-0.39, 0.29) is 16.7 Å². The lowest BCUT2D eigenvalue weighted by molar-refractivity contribution is -0.120. The summed E-state index contributed by atoms with van der Waals surface area (Å²) in [6.45, 7) is 6.30. The summed E-state index contributed by atoms with van der Waals surface area (Å²) < 4.78 is 33.2. The zero-order chi connectivity index (χ0) is 22.9. The average Bonchev–Trinajstić information content (AvgIpc) is 3.42. The maximum Gasteiger partial charge on any atom is 0.244 e. The molecule has 8 nitrogen and oxygen atoms in total. The third-order valence-electron chi connectivity index (χ3n) is 5.62. The highest BCUT2D eigenvalue weighted by molar-refractivity contribution is 7.89. The minimum atomic E-state index is -3.67. The Morgan fingerprint density at radius 3 is 2.53 bits per heavy atom. The van der Waals surface area contributed by atoms with Gasteiger partial charge in [-0.05, 0) is 44.9 Å². The van der Waals surface area contributed by atoms with Crippen molar-refractivity contribution in [3.8, 4) is 10.7 Å². The van der Waals surface area contributed by atoms with Crippen LogP contribution in [-0.4, -0.2) is 41.9 Å². The molecule has 1 aliphatic heterocycles. The van der Waals surface area contributed by atoms with Crippen LogP contribution >= 0.6 is 11.3 Å². The first-order chi connectivity index (χ1) is 15.3. The first-order valence-electron chi connectivity index (χ1n) is 10.6. The molecular weight excluding hydrogens is 448 g/mol. The van der Waals surface area contributed by atoms with E-state index in [0.29, 0.717) is 53.8 Å². The van der Waals surface area contributed by atoms with E-state index in [1.807, 2.05) is 38.1 Å². The summed E-state index contributed by atoms with van der Waals surface area (Å²) in [5, 5.41) is 6.88. The van der Waals surface area contributed by atoms with E-state index in [4.69, 9.17) is 4.52 Å². The molecule has 0 aliphatic carbocycles. The van der Waals surface area contributed by atoms with Crippen LogP contribution in [0.25, 0.3) is 10.7 Å². The number of anilines is 1. The van der Waals surface area contributed by atoms with Crippen LogP contribution in [0, 0.1) is 19.8 Å². The van der Waals surface area contributed by atoms with E-state index in [0.717, 1.165) is 11.3 Å². The molecule has 32 heavy (non-hydrogen) atoms. The van der Waals surface area contributed by atoms with Gasteiger partial charge in [0.25, 0.3) is 0 Å². The number of nitrogens with zero attached hydrogens (tertiary/aromatic N) is 3. The van der Waals surface area contributed by atoms with Gasteiger partial charge in [0, 0.05) is 36.0 Å². The molecule has 0 atom stereocenters. The molecule has 0 spiro atoms. The molecule has 170 valence electrons. The highest BCUT2D eigenvalue weighted by Gasteiger charge is 2.34. The Labute approximate surface area is 191 Å². The number of nitrogens with one attached hydrogen (secondary N) is 1. The fourth-order valence-electron chi connectivity index (χ4n) is 3.71. The number of hydrogen-bond acceptors (Lipinski definition) is 7. The summed E-state index contributed by atoms with van der Waals surface area (Å²) in [7, 11) is -3.67. The van der Waals surface area contributed by atoms with Crippen molar-refractivity contribution < 1.29 is 17.7 Å². The maximum absolute atomic E-state index is 13.3. The summed E-state index contributed by atoms with van der Waals surface area (Å²) >= 11 is 1.33. The molecule has 0 saturated carbocycles. The zero-order valence-corrected chi connectivity index (χ0v) is 19.9. The minimum absolute atomic E-state index is 0.0660. The van der Waals surface area contributed by atoms with Crippen LogP contribution in [0.2, 0.25) is 0 Å². The third kappa shape index (κ3) is 4.62. The fourth-order valence-corrected chi connectivity index (χ4v) is 6.66. The highest BCUT2D eigenvalue weighted by atomic mass is 32.2. The number of rotatable bonds is 6. The smallest absolute Gasteiger partial charge is 0.244 e. The normalized spacial score (nSPS) is 15.7. The lowest BCUT2D eigenvalue weighted by Gasteiger charge is -2.30. The number of hydrogen-bond donors (Lipinski definition) is 1. The van der Waals surface area contributed by atoms with Crippen molar-refractivity contribution in [2.75, 3.05) is 18.4 Å². The van der Waals surface area contributed by atoms with Gasteiger partial charge in [-0.3, -0.25) is 4.79 Å². The predicted molar refractivity (Wildman–Crippen MR) is 123 cm³/mol. The maximum atomic E-state index is 13.3. The van der Waals surface area contributed by atoms with Crippen LogP contribution < -0.4 is 5.32 Å². The molecule has 10 heteroatoms. The molecule has 0 bridgehead atoms. The second-order valence-corrected chi connectivity index (χ2v) is 11.1. The quantitative estimate of drug-likeness (QED) is 0.579. The first kappa shape index (κ1) is 22.6. The van der Waals surface area contributed by atoms with E-state index in [1.165, 1.54) is 15.6 Å². The van der Waals surface area contributed by atoms with Crippen LogP contribution in [-0.2, 0) is 21.2 Å². The molecule has 1 N–H and O–H groups in total. The monoisotopic (exact) mass is 474 g/mol. The average molecular weight is 475 g/mol. The molecule has 3 aromatic rings. The van der Waals surface area contributed by atoms with Crippen LogP contribution in [0.15, 0.2) is 39.8 Å². The molecule has 2 aromatic heterocycles. The van der Waals surface area contributed by atoms with Gasteiger partial charge in [0.05, 0.1) is 9.77 Å². The van der Waals surface area contributed by atoms with Crippen molar-refractivity contribution in [2.24, 2.45) is 5.92 Å². The SMILES string of the molecule is CCc1nc(-c2cc(S(=O)(=O)N3CCC(C(=O)Nc4ccc(C)cc4)CC3)c(C)s2)no1. The van der Waals surface area contributed by atoms with E-state index < -0.39 is 10.0 Å². The summed E-state index contributed by atoms with van der Waals surface area (Å²) in [4.78, 5) is 18.5. The highest BCUT2D eigenvalue weighted by Crippen LogP contribution is 2.35. The molecule has 1 fully saturated rings. The van der Waals surface area contributed by atoms with Crippen molar-refractivity contribution >= 4 is 33.0 Å². The number of thiophene rings is 1. The molecule has 1 amide bonds. The van der Waals surface area contributed by atoms with Gasteiger partial charge in [0.15, 0.2) is 0 Å². The molecule has 1 aliphatic rings. The molecule has 0 unspecified atom stereocenters. The van der Waals surface area contributed by atoms with E-state index in [1.54, 1.807) is 13.0 Å². The van der Waals surface area contributed by atoms with Gasteiger partial charge in [0.1, 0.15) is 0 Å². The number of benzene rings is 1. The second-order valence-electron chi connectivity index (χ2n) is 7.93. The minimum Gasteiger partial charge on any atom is -0.339 e. The number of carbonyl (C=O) groups is 1. The van der Waals surface area contributed by atoms with E-state index in [2.05, 4.69) is 15.5 Å². The van der Waals surface area contributed by atoms with Crippen LogP contribution in [0.5, 0.6) is 0 Å². The van der Waals surface area contributed by atoms with Crippen molar-refractivity contribution in [1.29, 1.82) is 0 Å². The summed E-state index contributed by atoms with van der Waals surface area (Å²) in [6, 6.07) is 9.25. The topological polar surface area (TPSA) is 105 Å². The van der Waals surface area contributed by atoms with Gasteiger partial charge in [-0.1, -0.05) is 29.8 Å². The lowest BCUT2D eigenvalue weighted by Crippen LogP contribution is -2.41. The Morgan fingerprint density at radius 2 is 1.91 bits per heavy atom. The molecular formula is C22H26N4O4S2. The largest absolute Gasteiger partial charge is 0.339 e. The number of sulfonamides is 1. The Bertz CT molecular complexity index is 1210. The Balaban J connectivity index is 1.42. The van der Waals surface area contributed by atoms with E-state index >= 15 is 0 Å². The Morgan fingerprint density at radius 1 is 1.22 bits per heavy atom. The van der Waals surface area contributed by atoms with Crippen LogP contribution in [0.1, 0.15) is 36.1 Å². The van der Waals surface area contributed by atoms with Crippen molar-refractivity contribution in [1.82, 2.24) is 14.4 Å². The van der Waals surface area contributed by atoms with Gasteiger partial charge in [0.2, 0.25) is 27.6 Å². The van der Waals surface area contributed by atoms with Crippen molar-refractivity contribution in [2.45, 2.75) is 44.9 Å². The van der Waals surface area contributed by atoms with Gasteiger partial charge in [-0.2, -0.15) is 9.29 Å². The molecule has 0 radical (unpaired) electrons. The van der Waals surface area contributed by atoms with Gasteiger partial charge >= 0.3 is 0 Å². The number of aryl methyl sites for hydroxylation is 3. The summed E-state index contributed by atoms with van der Waals surface area (Å²) in [6.07, 6.45) is 1.59. The predicted octanol–water partition coefficient (Wildman–Crippen LogP) is 4.02. The van der Waals surface area contributed by atoms with E-state index in [9.17, 15) is 13.2 Å². The second kappa shape index (κ2) is 9.13. The number of piperidine rings is 1. The Kier molecular flexibility index (Phi) is 6.45. The summed E-state index contributed by atoms with van der Waals surface area (Å²) in [5.41, 5.74) is 1.88. The molecule has 4 rings (SSSR count). The molecule has 1 saturated heterocycles. The number of amides is 1. The van der Waals surface area contributed by atoms with Crippen LogP contribution in [0.4, 0.5) is 5.69 Å². The first-order valence-corrected chi connectivity index (χ1v) is 12.8. The standard InChI is InChI=1S/C22H26N4O4S2/c1-4-20-24-21(25-30-20)18-13-19(15(3)31-18)32(28,29)26-11-9-16(10-12-26)22(27)23-17-7-5-14(2)6-8-17/h5-8,13,16H,4,9-12H2,1-3H3,(H,23,27). The fraction of sp³-hybridized carbons (Fsp3) is 0.409. The molecule has 3 heterocycles.